The lowest BCUT2D eigenvalue weighted by Crippen LogP contribution is -2.32. The molecule has 1 heterocycles. The van der Waals surface area contributed by atoms with Crippen molar-refractivity contribution in [3.63, 3.8) is 0 Å². The molecule has 0 aliphatic carbocycles. The van der Waals surface area contributed by atoms with Crippen molar-refractivity contribution in [1.29, 1.82) is 0 Å². The lowest BCUT2D eigenvalue weighted by atomic mass is 9.89. The van der Waals surface area contributed by atoms with Crippen molar-refractivity contribution in [2.24, 2.45) is 0 Å². The number of halogens is 3. The quantitative estimate of drug-likeness (QED) is 0.719. The minimum absolute atomic E-state index is 0. The molecule has 1 fully saturated rings. The van der Waals surface area contributed by atoms with Gasteiger partial charge in [-0.3, -0.25) is 4.90 Å². The number of nitrogens with zero attached hydrogens (tertiary/aromatic N) is 1. The summed E-state index contributed by atoms with van der Waals surface area (Å²) < 4.78 is 51.8. The van der Waals surface area contributed by atoms with Gasteiger partial charge < -0.3 is 0 Å². The molecule has 1 aliphatic rings. The average molecular weight is 445 g/mol. The molecule has 2 aromatic rings. The van der Waals surface area contributed by atoms with Crippen molar-refractivity contribution in [2.45, 2.75) is 38.3 Å². The Morgan fingerprint density at radius 3 is 2.24 bits per heavy atom. The Kier molecular flexibility index (Phi) is 8.17. The lowest BCUT2D eigenvalue weighted by molar-refractivity contribution is 0.204. The maximum atomic E-state index is 13.5. The molecule has 8 heteroatoms. The molecule has 1 N–H and O–H groups in total. The average Bonchev–Trinajstić information content (AvgIpc) is 2.64. The minimum Gasteiger partial charge on any atom is -0.299 e. The number of rotatable bonds is 6. The van der Waals surface area contributed by atoms with E-state index in [4.69, 9.17) is 0 Å². The second-order valence-electron chi connectivity index (χ2n) is 7.58. The molecule has 0 amide bonds. The molecule has 0 radical (unpaired) electrons. The summed E-state index contributed by atoms with van der Waals surface area (Å²) in [5, 5.41) is 0. The molecule has 160 valence electrons. The normalized spacial score (nSPS) is 17.0. The highest BCUT2D eigenvalue weighted by molar-refractivity contribution is 7.88. The maximum Gasteiger partial charge on any atom is 0.209 e. The molecular weight excluding hydrogens is 418 g/mol. The maximum absolute atomic E-state index is 13.5. The van der Waals surface area contributed by atoms with Crippen molar-refractivity contribution in [3.05, 3.63) is 70.8 Å². The summed E-state index contributed by atoms with van der Waals surface area (Å²) >= 11 is 0. The van der Waals surface area contributed by atoms with Gasteiger partial charge in [-0.15, -0.1) is 12.4 Å². The molecule has 0 saturated carbocycles. The van der Waals surface area contributed by atoms with Gasteiger partial charge in [-0.05, 0) is 67.6 Å². The van der Waals surface area contributed by atoms with Crippen molar-refractivity contribution in [2.75, 3.05) is 19.3 Å². The van der Waals surface area contributed by atoms with Gasteiger partial charge >= 0.3 is 0 Å². The third-order valence-electron chi connectivity index (χ3n) is 5.28. The summed E-state index contributed by atoms with van der Waals surface area (Å²) in [6, 6.07) is 11.9. The van der Waals surface area contributed by atoms with Crippen LogP contribution in [0.15, 0.2) is 42.5 Å². The molecule has 1 saturated heterocycles. The monoisotopic (exact) mass is 444 g/mol. The lowest BCUT2D eigenvalue weighted by Gasteiger charge is -2.32. The van der Waals surface area contributed by atoms with E-state index in [9.17, 15) is 17.2 Å². The summed E-state index contributed by atoms with van der Waals surface area (Å²) in [5.74, 6) is -1.32. The third-order valence-corrected chi connectivity index (χ3v) is 6.06. The molecule has 1 atom stereocenters. The molecular formula is C21H27ClF2N2O2S. The van der Waals surface area contributed by atoms with E-state index in [2.05, 4.69) is 9.62 Å². The van der Waals surface area contributed by atoms with Gasteiger partial charge in [0.25, 0.3) is 0 Å². The highest BCUT2D eigenvalue weighted by atomic mass is 35.5. The van der Waals surface area contributed by atoms with Gasteiger partial charge in [0.15, 0.2) is 11.6 Å². The van der Waals surface area contributed by atoms with E-state index in [1.54, 1.807) is 6.07 Å². The van der Waals surface area contributed by atoms with Gasteiger partial charge in [-0.1, -0.05) is 30.3 Å². The topological polar surface area (TPSA) is 49.4 Å². The Labute approximate surface area is 177 Å². The fourth-order valence-electron chi connectivity index (χ4n) is 3.75. The van der Waals surface area contributed by atoms with Gasteiger partial charge in [0.05, 0.1) is 6.26 Å². The number of nitrogens with one attached hydrogen (secondary N) is 1. The Morgan fingerprint density at radius 2 is 1.69 bits per heavy atom. The first-order chi connectivity index (χ1) is 13.2. The molecule has 0 spiro atoms. The Morgan fingerprint density at radius 1 is 1.07 bits per heavy atom. The zero-order chi connectivity index (χ0) is 20.3. The van der Waals surface area contributed by atoms with Crippen LogP contribution in [-0.4, -0.2) is 32.7 Å². The molecule has 4 nitrogen and oxygen atoms in total. The second kappa shape index (κ2) is 9.98. The van der Waals surface area contributed by atoms with Crippen LogP contribution in [0.5, 0.6) is 0 Å². The second-order valence-corrected chi connectivity index (χ2v) is 9.36. The zero-order valence-corrected chi connectivity index (χ0v) is 18.2. The molecule has 29 heavy (non-hydrogen) atoms. The van der Waals surface area contributed by atoms with E-state index in [-0.39, 0.29) is 24.4 Å². The highest BCUT2D eigenvalue weighted by Crippen LogP contribution is 2.29. The van der Waals surface area contributed by atoms with E-state index < -0.39 is 21.7 Å². The Hall–Kier alpha value is -1.54. The molecule has 1 aliphatic heterocycles. The van der Waals surface area contributed by atoms with E-state index in [1.807, 2.05) is 31.2 Å². The first-order valence-corrected chi connectivity index (χ1v) is 11.3. The van der Waals surface area contributed by atoms with Crippen molar-refractivity contribution in [1.82, 2.24) is 9.62 Å². The number of hydrogen-bond donors (Lipinski definition) is 1. The zero-order valence-electron chi connectivity index (χ0n) is 16.6. The minimum atomic E-state index is -3.24. The molecule has 2 aromatic carbocycles. The SMILES string of the molecule is C[C@@H](NS(C)(=O)=O)c1ccc(CN2CCC(c3ccc(F)c(F)c3)CC2)cc1.Cl. The van der Waals surface area contributed by atoms with Crippen LogP contribution in [0.25, 0.3) is 0 Å². The van der Waals surface area contributed by atoms with Gasteiger partial charge in [-0.25, -0.2) is 21.9 Å². The molecule has 0 unspecified atom stereocenters. The summed E-state index contributed by atoms with van der Waals surface area (Å²) in [5.41, 5.74) is 2.96. The van der Waals surface area contributed by atoms with Crippen LogP contribution in [0.2, 0.25) is 0 Å². The van der Waals surface area contributed by atoms with Gasteiger partial charge in [-0.2, -0.15) is 0 Å². The largest absolute Gasteiger partial charge is 0.299 e. The number of sulfonamides is 1. The first kappa shape index (κ1) is 23.7. The molecule has 3 rings (SSSR count). The molecule has 0 aromatic heterocycles. The van der Waals surface area contributed by atoms with Crippen LogP contribution >= 0.6 is 12.4 Å². The van der Waals surface area contributed by atoms with Gasteiger partial charge in [0.2, 0.25) is 10.0 Å². The Balaban J connectivity index is 0.00000300. The van der Waals surface area contributed by atoms with Crippen LogP contribution in [0.4, 0.5) is 8.78 Å². The van der Waals surface area contributed by atoms with Crippen LogP contribution in [0, 0.1) is 11.6 Å². The van der Waals surface area contributed by atoms with Gasteiger partial charge in [0.1, 0.15) is 0 Å². The van der Waals surface area contributed by atoms with E-state index in [0.29, 0.717) is 0 Å². The standard InChI is InChI=1S/C21H26F2N2O2S.ClH/c1-15(24-28(2,26)27)17-5-3-16(4-6-17)14-25-11-9-18(10-12-25)19-7-8-20(22)21(23)13-19;/h3-8,13,15,18,24H,9-12,14H2,1-2H3;1H/t15-;/m1./s1. The molecule has 0 bridgehead atoms. The fraction of sp³-hybridized carbons (Fsp3) is 0.429. The number of benzene rings is 2. The van der Waals surface area contributed by atoms with Crippen LogP contribution < -0.4 is 4.72 Å². The van der Waals surface area contributed by atoms with E-state index in [0.717, 1.165) is 49.9 Å². The van der Waals surface area contributed by atoms with E-state index in [1.165, 1.54) is 17.7 Å². The predicted molar refractivity (Wildman–Crippen MR) is 114 cm³/mol. The summed E-state index contributed by atoms with van der Waals surface area (Å²) in [6.07, 6.45) is 2.98. The van der Waals surface area contributed by atoms with Crippen molar-refractivity contribution in [3.8, 4) is 0 Å². The van der Waals surface area contributed by atoms with Crippen LogP contribution in [0.1, 0.15) is 48.4 Å². The summed E-state index contributed by atoms with van der Waals surface area (Å²) in [6.45, 7) is 4.44. The fourth-order valence-corrected chi connectivity index (χ4v) is 4.53. The summed E-state index contributed by atoms with van der Waals surface area (Å²) in [4.78, 5) is 2.35. The predicted octanol–water partition coefficient (Wildman–Crippen LogP) is 4.38. The Bertz CT molecular complexity index is 915. The van der Waals surface area contributed by atoms with Crippen LogP contribution in [-0.2, 0) is 16.6 Å². The number of likely N-dealkylation sites (tertiary alicyclic amines) is 1. The third kappa shape index (κ3) is 6.74. The van der Waals surface area contributed by atoms with Gasteiger partial charge in [0, 0.05) is 12.6 Å². The summed E-state index contributed by atoms with van der Waals surface area (Å²) in [7, 11) is -3.24. The smallest absolute Gasteiger partial charge is 0.209 e. The van der Waals surface area contributed by atoms with E-state index >= 15 is 0 Å². The van der Waals surface area contributed by atoms with Crippen molar-refractivity contribution < 1.29 is 17.2 Å². The number of piperidine rings is 1. The number of hydrogen-bond acceptors (Lipinski definition) is 3. The van der Waals surface area contributed by atoms with Crippen molar-refractivity contribution >= 4 is 22.4 Å². The van der Waals surface area contributed by atoms with Crippen LogP contribution in [0.3, 0.4) is 0 Å². The first-order valence-electron chi connectivity index (χ1n) is 9.45. The highest BCUT2D eigenvalue weighted by Gasteiger charge is 2.21.